The van der Waals surface area contributed by atoms with E-state index >= 15 is 0 Å². The molecule has 0 radical (unpaired) electrons. The van der Waals surface area contributed by atoms with Crippen molar-refractivity contribution in [2.45, 2.75) is 38.0 Å². The van der Waals surface area contributed by atoms with Crippen LogP contribution in [0.2, 0.25) is 0 Å². The molecule has 1 saturated carbocycles. The van der Waals surface area contributed by atoms with E-state index in [1.807, 2.05) is 0 Å². The number of rotatable bonds is 3. The average Bonchev–Trinajstić information content (AvgIpc) is 2.70. The zero-order valence-corrected chi connectivity index (χ0v) is 16.0. The zero-order chi connectivity index (χ0) is 17.1. The maximum Gasteiger partial charge on any atom is 0.0254 e. The second-order valence-corrected chi connectivity index (χ2v) is 7.87. The van der Waals surface area contributed by atoms with E-state index in [1.54, 1.807) is 0 Å². The molecule has 0 nitrogen and oxygen atoms in total. The molecule has 0 bridgehead atoms. The Morgan fingerprint density at radius 3 is 2.04 bits per heavy atom. The third-order valence-corrected chi connectivity index (χ3v) is 6.06. The molecular weight excluding hydrogens is 368 g/mol. The summed E-state index contributed by atoms with van der Waals surface area (Å²) in [6.45, 7) is 0. The van der Waals surface area contributed by atoms with Gasteiger partial charge in [-0.3, -0.25) is 0 Å². The Kier molecular flexibility index (Phi) is 5.03. The average molecular weight is 391 g/mol. The SMILES string of the molecule is Brc1ccc(-c2ccc(C3CCCCC3)cc2)cc1-c1ccccc1. The summed E-state index contributed by atoms with van der Waals surface area (Å²) in [5.41, 5.74) is 6.58. The molecule has 0 amide bonds. The van der Waals surface area contributed by atoms with Gasteiger partial charge in [-0.1, -0.05) is 95.9 Å². The van der Waals surface area contributed by atoms with Gasteiger partial charge in [-0.15, -0.1) is 0 Å². The standard InChI is InChI=1S/C24H23Br/c25-24-16-15-22(17-23(24)21-9-5-2-6-10-21)20-13-11-19(12-14-20)18-7-3-1-4-8-18/h2,5-6,9-18H,1,3-4,7-8H2. The molecule has 1 aliphatic carbocycles. The van der Waals surface area contributed by atoms with Gasteiger partial charge in [0.25, 0.3) is 0 Å². The van der Waals surface area contributed by atoms with Gasteiger partial charge in [-0.05, 0) is 58.7 Å². The molecule has 1 heteroatoms. The van der Waals surface area contributed by atoms with Gasteiger partial charge >= 0.3 is 0 Å². The quantitative estimate of drug-likeness (QED) is 0.427. The third kappa shape index (κ3) is 3.72. The largest absolute Gasteiger partial charge is 0.0622 e. The fourth-order valence-corrected chi connectivity index (χ4v) is 4.40. The molecule has 0 aliphatic heterocycles. The summed E-state index contributed by atoms with van der Waals surface area (Å²) in [5, 5.41) is 0. The van der Waals surface area contributed by atoms with Crippen molar-refractivity contribution in [2.75, 3.05) is 0 Å². The lowest BCUT2D eigenvalue weighted by Gasteiger charge is -2.22. The van der Waals surface area contributed by atoms with Crippen LogP contribution < -0.4 is 0 Å². The Balaban J connectivity index is 1.63. The second kappa shape index (κ2) is 7.58. The molecule has 126 valence electrons. The van der Waals surface area contributed by atoms with Gasteiger partial charge in [0.1, 0.15) is 0 Å². The van der Waals surface area contributed by atoms with E-state index in [2.05, 4.69) is 88.7 Å². The van der Waals surface area contributed by atoms with Crippen LogP contribution >= 0.6 is 15.9 Å². The first-order chi connectivity index (χ1) is 12.3. The van der Waals surface area contributed by atoms with Crippen molar-refractivity contribution in [3.05, 3.63) is 82.8 Å². The Morgan fingerprint density at radius 2 is 1.32 bits per heavy atom. The van der Waals surface area contributed by atoms with Crippen molar-refractivity contribution in [1.29, 1.82) is 0 Å². The third-order valence-electron chi connectivity index (χ3n) is 5.37. The monoisotopic (exact) mass is 390 g/mol. The predicted molar refractivity (Wildman–Crippen MR) is 111 cm³/mol. The molecule has 4 rings (SSSR count). The van der Waals surface area contributed by atoms with Crippen LogP contribution in [-0.4, -0.2) is 0 Å². The fraction of sp³-hybridized carbons (Fsp3) is 0.250. The molecule has 0 N–H and O–H groups in total. The maximum atomic E-state index is 3.70. The maximum absolute atomic E-state index is 3.70. The Morgan fingerprint density at radius 1 is 0.640 bits per heavy atom. The molecule has 0 unspecified atom stereocenters. The van der Waals surface area contributed by atoms with Crippen LogP contribution in [0, 0.1) is 0 Å². The van der Waals surface area contributed by atoms with Crippen molar-refractivity contribution in [3.63, 3.8) is 0 Å². The molecule has 0 saturated heterocycles. The summed E-state index contributed by atoms with van der Waals surface area (Å²) in [4.78, 5) is 0. The predicted octanol–water partition coefficient (Wildman–Crippen LogP) is 7.83. The van der Waals surface area contributed by atoms with Crippen molar-refractivity contribution in [2.24, 2.45) is 0 Å². The van der Waals surface area contributed by atoms with Crippen molar-refractivity contribution in [3.8, 4) is 22.3 Å². The summed E-state index contributed by atoms with van der Waals surface area (Å²) in [5.74, 6) is 0.771. The number of benzene rings is 3. The lowest BCUT2D eigenvalue weighted by atomic mass is 9.83. The Hall–Kier alpha value is -1.86. The number of halogens is 1. The van der Waals surface area contributed by atoms with Gasteiger partial charge < -0.3 is 0 Å². The van der Waals surface area contributed by atoms with E-state index in [1.165, 1.54) is 59.9 Å². The molecule has 3 aromatic carbocycles. The number of hydrogen-bond acceptors (Lipinski definition) is 0. The first-order valence-electron chi connectivity index (χ1n) is 9.26. The molecule has 0 heterocycles. The topological polar surface area (TPSA) is 0 Å². The summed E-state index contributed by atoms with van der Waals surface area (Å²) < 4.78 is 1.14. The van der Waals surface area contributed by atoms with Crippen LogP contribution in [0.1, 0.15) is 43.6 Å². The summed E-state index contributed by atoms with van der Waals surface area (Å²) in [6, 6.07) is 26.5. The van der Waals surface area contributed by atoms with E-state index < -0.39 is 0 Å². The molecule has 1 fully saturated rings. The fourth-order valence-electron chi connectivity index (χ4n) is 3.93. The highest BCUT2D eigenvalue weighted by Crippen LogP contribution is 2.35. The Bertz CT molecular complexity index is 828. The number of hydrogen-bond donors (Lipinski definition) is 0. The minimum Gasteiger partial charge on any atom is -0.0622 e. The van der Waals surface area contributed by atoms with Crippen LogP contribution in [0.4, 0.5) is 0 Å². The molecule has 25 heavy (non-hydrogen) atoms. The van der Waals surface area contributed by atoms with Gasteiger partial charge in [0.15, 0.2) is 0 Å². The van der Waals surface area contributed by atoms with E-state index in [-0.39, 0.29) is 0 Å². The second-order valence-electron chi connectivity index (χ2n) is 7.02. The molecule has 3 aromatic rings. The van der Waals surface area contributed by atoms with Gasteiger partial charge in [-0.2, -0.15) is 0 Å². The van der Waals surface area contributed by atoms with Gasteiger partial charge in [0, 0.05) is 4.47 Å². The van der Waals surface area contributed by atoms with Gasteiger partial charge in [-0.25, -0.2) is 0 Å². The smallest absolute Gasteiger partial charge is 0.0254 e. The van der Waals surface area contributed by atoms with Crippen LogP contribution in [0.3, 0.4) is 0 Å². The highest BCUT2D eigenvalue weighted by molar-refractivity contribution is 9.10. The highest BCUT2D eigenvalue weighted by atomic mass is 79.9. The van der Waals surface area contributed by atoms with Crippen molar-refractivity contribution >= 4 is 15.9 Å². The zero-order valence-electron chi connectivity index (χ0n) is 14.4. The minimum atomic E-state index is 0.771. The summed E-state index contributed by atoms with van der Waals surface area (Å²) >= 11 is 3.70. The van der Waals surface area contributed by atoms with E-state index in [9.17, 15) is 0 Å². The molecular formula is C24H23Br. The Labute approximate surface area is 159 Å². The van der Waals surface area contributed by atoms with Crippen LogP contribution in [0.5, 0.6) is 0 Å². The van der Waals surface area contributed by atoms with Gasteiger partial charge in [0.2, 0.25) is 0 Å². The van der Waals surface area contributed by atoms with Crippen molar-refractivity contribution in [1.82, 2.24) is 0 Å². The summed E-state index contributed by atoms with van der Waals surface area (Å²) in [6.07, 6.45) is 6.90. The summed E-state index contributed by atoms with van der Waals surface area (Å²) in [7, 11) is 0. The van der Waals surface area contributed by atoms with Crippen LogP contribution in [0.25, 0.3) is 22.3 Å². The van der Waals surface area contributed by atoms with Crippen LogP contribution in [0.15, 0.2) is 77.3 Å². The van der Waals surface area contributed by atoms with E-state index in [4.69, 9.17) is 0 Å². The normalized spacial score (nSPS) is 15.2. The molecule has 0 atom stereocenters. The lowest BCUT2D eigenvalue weighted by molar-refractivity contribution is 0.443. The van der Waals surface area contributed by atoms with Crippen molar-refractivity contribution < 1.29 is 0 Å². The highest BCUT2D eigenvalue weighted by Gasteiger charge is 2.15. The van der Waals surface area contributed by atoms with E-state index in [0.717, 1.165) is 10.4 Å². The lowest BCUT2D eigenvalue weighted by Crippen LogP contribution is -2.04. The molecule has 0 spiro atoms. The minimum absolute atomic E-state index is 0.771. The molecule has 1 aliphatic rings. The first-order valence-corrected chi connectivity index (χ1v) is 10.1. The van der Waals surface area contributed by atoms with E-state index in [0.29, 0.717) is 0 Å². The van der Waals surface area contributed by atoms with Gasteiger partial charge in [0.05, 0.1) is 0 Å². The first kappa shape index (κ1) is 16.6. The van der Waals surface area contributed by atoms with Crippen LogP contribution in [-0.2, 0) is 0 Å². The molecule has 0 aromatic heterocycles.